The summed E-state index contributed by atoms with van der Waals surface area (Å²) in [6.45, 7) is -1.68. The lowest BCUT2D eigenvalue weighted by molar-refractivity contribution is -0.261. The van der Waals surface area contributed by atoms with Gasteiger partial charge in [0.05, 0.1) is 25.0 Å². The zero-order chi connectivity index (χ0) is 31.1. The van der Waals surface area contributed by atoms with Gasteiger partial charge in [-0.05, 0) is 29.8 Å². The Hall–Kier alpha value is -3.64. The van der Waals surface area contributed by atoms with E-state index in [9.17, 15) is 65.8 Å². The van der Waals surface area contributed by atoms with Crippen molar-refractivity contribution >= 4 is 17.6 Å². The van der Waals surface area contributed by atoms with Crippen molar-refractivity contribution in [1.82, 2.24) is 5.32 Å². The second-order valence-corrected chi connectivity index (χ2v) is 10.1. The molecule has 3 aliphatic rings. The highest BCUT2D eigenvalue weighted by molar-refractivity contribution is 6.29. The Balaban J connectivity index is 1.87. The molecule has 228 valence electrons. The van der Waals surface area contributed by atoms with E-state index >= 15 is 0 Å². The van der Waals surface area contributed by atoms with Crippen LogP contribution in [0.4, 0.5) is 0 Å². The molecule has 6 unspecified atom stereocenters. The Morgan fingerprint density at radius 3 is 2.17 bits per heavy atom. The van der Waals surface area contributed by atoms with Crippen molar-refractivity contribution in [2.45, 2.75) is 54.4 Å². The molecule has 12 N–H and O–H groups in total. The fourth-order valence-corrected chi connectivity index (χ4v) is 5.08. The maximum atomic E-state index is 13.2. The zero-order valence-corrected chi connectivity index (χ0v) is 21.7. The van der Waals surface area contributed by atoms with Crippen LogP contribution in [0.5, 0.6) is 5.75 Å². The normalized spacial score (nSPS) is 36.7. The number of aliphatic hydroxyl groups is 10. The number of phenolic OH excluding ortho intramolecular Hbond substituents is 1. The minimum Gasteiger partial charge on any atom is -0.508 e. The molecule has 0 bridgehead atoms. The number of nitrogens with one attached hydrogen (secondary N) is 1. The number of aromatic hydroxyl groups is 1. The predicted octanol–water partition coefficient (Wildman–Crippen LogP) is -3.68. The first-order valence-corrected chi connectivity index (χ1v) is 12.7. The number of benzene rings is 1. The van der Waals surface area contributed by atoms with Crippen LogP contribution in [0.2, 0.25) is 0 Å². The highest BCUT2D eigenvalue weighted by Gasteiger charge is 2.60. The van der Waals surface area contributed by atoms with Gasteiger partial charge in [-0.2, -0.15) is 0 Å². The van der Waals surface area contributed by atoms with Crippen molar-refractivity contribution in [3.8, 4) is 5.75 Å². The van der Waals surface area contributed by atoms with Gasteiger partial charge in [-0.1, -0.05) is 18.2 Å². The van der Waals surface area contributed by atoms with E-state index < -0.39 is 108 Å². The van der Waals surface area contributed by atoms with Gasteiger partial charge in [-0.3, -0.25) is 9.59 Å². The number of hydrogen-bond donors (Lipinski definition) is 12. The molecule has 42 heavy (non-hydrogen) atoms. The van der Waals surface area contributed by atoms with Crippen LogP contribution in [-0.4, -0.2) is 135 Å². The molecular weight excluding hydrogens is 562 g/mol. The summed E-state index contributed by atoms with van der Waals surface area (Å²) in [6.07, 6.45) is -11.2. The van der Waals surface area contributed by atoms with Crippen molar-refractivity contribution in [3.05, 3.63) is 70.3 Å². The number of carbonyl (C=O) groups excluding carboxylic acids is 2. The summed E-state index contributed by atoms with van der Waals surface area (Å²) in [7, 11) is 0. The van der Waals surface area contributed by atoms with Crippen molar-refractivity contribution in [1.29, 1.82) is 0 Å². The molecule has 0 saturated carbocycles. The number of ketones is 2. The van der Waals surface area contributed by atoms with Crippen LogP contribution in [-0.2, 0) is 14.3 Å². The predicted molar refractivity (Wildman–Crippen MR) is 139 cm³/mol. The second kappa shape index (κ2) is 11.9. The van der Waals surface area contributed by atoms with Gasteiger partial charge in [0.15, 0.2) is 17.2 Å². The Labute approximate surface area is 237 Å². The van der Waals surface area contributed by atoms with Crippen LogP contribution < -0.4 is 5.32 Å². The van der Waals surface area contributed by atoms with Crippen molar-refractivity contribution < 1.29 is 70.5 Å². The Morgan fingerprint density at radius 1 is 0.952 bits per heavy atom. The molecule has 2 aliphatic heterocycles. The summed E-state index contributed by atoms with van der Waals surface area (Å²) in [5, 5.41) is 117. The average molecular weight is 594 g/mol. The Bertz CT molecular complexity index is 1350. The van der Waals surface area contributed by atoms with Gasteiger partial charge >= 0.3 is 0 Å². The molecule has 2 saturated heterocycles. The third-order valence-electron chi connectivity index (χ3n) is 7.48. The summed E-state index contributed by atoms with van der Waals surface area (Å²) in [6, 6.07) is 4.29. The van der Waals surface area contributed by atoms with Crippen molar-refractivity contribution in [2.75, 3.05) is 13.2 Å². The van der Waals surface area contributed by atoms with E-state index in [1.54, 1.807) is 0 Å². The van der Waals surface area contributed by atoms with Gasteiger partial charge in [-0.25, -0.2) is 0 Å². The maximum Gasteiger partial charge on any atom is 0.193 e. The third-order valence-corrected chi connectivity index (χ3v) is 7.48. The summed E-state index contributed by atoms with van der Waals surface area (Å²) in [5.74, 6) is -5.07. The molecule has 4 rings (SSSR count). The lowest BCUT2D eigenvalue weighted by atomic mass is 9.72. The molecule has 15 nitrogen and oxygen atoms in total. The van der Waals surface area contributed by atoms with E-state index in [1.165, 1.54) is 30.3 Å². The number of hydrogen-bond acceptors (Lipinski definition) is 15. The Morgan fingerprint density at radius 2 is 1.60 bits per heavy atom. The number of phenols is 1. The SMILES string of the molecule is O=C(C=Cc1ccc(O)cc1)C1=C(O)C(O)([C@@H]2OC(CO)[C@@H](O)[C@H](O)C2O)C(/C(O)=C2\NC(CO)C(O)C2O)=CC1=O. The fourth-order valence-electron chi connectivity index (χ4n) is 5.08. The van der Waals surface area contributed by atoms with Crippen molar-refractivity contribution in [2.24, 2.45) is 0 Å². The van der Waals surface area contributed by atoms with Gasteiger partial charge in [0.2, 0.25) is 0 Å². The van der Waals surface area contributed by atoms with E-state index in [1.807, 2.05) is 0 Å². The minimum absolute atomic E-state index is 0.0582. The molecular formula is C27H31NO14. The molecule has 1 aromatic carbocycles. The van der Waals surface area contributed by atoms with Crippen LogP contribution in [0.25, 0.3) is 6.08 Å². The number of allylic oxidation sites excluding steroid dienone is 3. The molecule has 0 aromatic heterocycles. The molecule has 9 atom stereocenters. The van der Waals surface area contributed by atoms with Gasteiger partial charge in [0.1, 0.15) is 65.6 Å². The second-order valence-electron chi connectivity index (χ2n) is 10.1. The molecule has 2 fully saturated rings. The number of rotatable bonds is 7. The number of aliphatic hydroxyl groups excluding tert-OH is 9. The molecule has 0 radical (unpaired) electrons. The van der Waals surface area contributed by atoms with E-state index in [2.05, 4.69) is 5.32 Å². The smallest absolute Gasteiger partial charge is 0.193 e. The van der Waals surface area contributed by atoms with Gasteiger partial charge in [0, 0.05) is 5.57 Å². The first-order chi connectivity index (χ1) is 19.8. The van der Waals surface area contributed by atoms with Crippen LogP contribution in [0, 0.1) is 0 Å². The molecule has 1 aliphatic carbocycles. The summed E-state index contributed by atoms with van der Waals surface area (Å²) in [4.78, 5) is 26.3. The lowest BCUT2D eigenvalue weighted by Crippen LogP contribution is -2.67. The summed E-state index contributed by atoms with van der Waals surface area (Å²) >= 11 is 0. The lowest BCUT2D eigenvalue weighted by Gasteiger charge is -2.48. The van der Waals surface area contributed by atoms with Crippen molar-refractivity contribution in [3.63, 3.8) is 0 Å². The van der Waals surface area contributed by atoms with Crippen LogP contribution >= 0.6 is 0 Å². The maximum absolute atomic E-state index is 13.2. The van der Waals surface area contributed by atoms with Crippen LogP contribution in [0.15, 0.2) is 64.8 Å². The standard InChI is InChI=1S/C27H31NO14/c29-8-13-20(35)22(37)18(28-13)19(34)12-7-15(33)17(14(32)6-3-10-1-4-11(31)5-2-10)25(40)27(12,41)26-24(39)23(38)21(36)16(9-30)42-26/h1-7,13,16,20-24,26,28-31,34-41H,8-9H2/b6-3?,19-18+/t13?,16?,20?,21-,22?,23+,24?,26-,27?/m1/s1. The highest BCUT2D eigenvalue weighted by atomic mass is 16.6. The zero-order valence-electron chi connectivity index (χ0n) is 21.7. The fraction of sp³-hybridized carbons (Fsp3) is 0.407. The van der Waals surface area contributed by atoms with E-state index in [4.69, 9.17) is 4.74 Å². The highest BCUT2D eigenvalue weighted by Crippen LogP contribution is 2.44. The molecule has 0 amide bonds. The first kappa shape index (κ1) is 31.3. The molecule has 1 aromatic rings. The molecule has 0 spiro atoms. The van der Waals surface area contributed by atoms with E-state index in [-0.39, 0.29) is 5.75 Å². The van der Waals surface area contributed by atoms with Gasteiger partial charge in [-0.15, -0.1) is 0 Å². The first-order valence-electron chi connectivity index (χ1n) is 12.7. The average Bonchev–Trinajstić information content (AvgIpc) is 3.26. The summed E-state index contributed by atoms with van der Waals surface area (Å²) < 4.78 is 5.42. The van der Waals surface area contributed by atoms with Crippen LogP contribution in [0.1, 0.15) is 5.56 Å². The van der Waals surface area contributed by atoms with Gasteiger partial charge < -0.3 is 66.2 Å². The van der Waals surface area contributed by atoms with E-state index in [0.717, 1.165) is 6.08 Å². The van der Waals surface area contributed by atoms with Crippen LogP contribution in [0.3, 0.4) is 0 Å². The van der Waals surface area contributed by atoms with E-state index in [0.29, 0.717) is 11.6 Å². The van der Waals surface area contributed by atoms with Gasteiger partial charge in [0.25, 0.3) is 0 Å². The quantitative estimate of drug-likeness (QED) is 0.0824. The third kappa shape index (κ3) is 5.22. The molecule has 2 heterocycles. The number of ether oxygens (including phenoxy) is 1. The minimum atomic E-state index is -3.25. The number of carbonyl (C=O) groups is 2. The molecule has 15 heteroatoms. The topological polar surface area (TPSA) is 278 Å². The monoisotopic (exact) mass is 593 g/mol. The summed E-state index contributed by atoms with van der Waals surface area (Å²) in [5.41, 5.74) is -5.47. The largest absolute Gasteiger partial charge is 0.508 e. The Kier molecular flexibility index (Phi) is 8.89.